The van der Waals surface area contributed by atoms with Gasteiger partial charge in [0.15, 0.2) is 0 Å². The number of benzene rings is 1. The molecule has 0 heterocycles. The standard InChI is InChI=1S/C14H16N2O3/c1-9(2)6-12(14(18)19)16-13(17)11-5-3-4-10(7-11)8-15/h3-5,7,9,12H,6H2,1-2H3,(H,16,17)(H,18,19)/t12-/m0/s1. The van der Waals surface area contributed by atoms with Crippen molar-refractivity contribution < 1.29 is 14.7 Å². The highest BCUT2D eigenvalue weighted by atomic mass is 16.4. The molecule has 0 bridgehead atoms. The Morgan fingerprint density at radius 2 is 2.11 bits per heavy atom. The van der Waals surface area contributed by atoms with Crippen molar-refractivity contribution in [2.45, 2.75) is 26.3 Å². The molecule has 5 nitrogen and oxygen atoms in total. The molecule has 0 aliphatic carbocycles. The van der Waals surface area contributed by atoms with E-state index >= 15 is 0 Å². The highest BCUT2D eigenvalue weighted by Gasteiger charge is 2.21. The fourth-order valence-electron chi connectivity index (χ4n) is 1.66. The molecule has 0 saturated heterocycles. The SMILES string of the molecule is CC(C)C[C@H](NC(=O)c1cccc(C#N)c1)C(=O)O. The molecular formula is C14H16N2O3. The van der Waals surface area contributed by atoms with Crippen LogP contribution in [0.4, 0.5) is 0 Å². The summed E-state index contributed by atoms with van der Waals surface area (Å²) < 4.78 is 0. The number of hydrogen-bond donors (Lipinski definition) is 2. The predicted octanol–water partition coefficient (Wildman–Crippen LogP) is 1.79. The second kappa shape index (κ2) is 6.55. The van der Waals surface area contributed by atoms with Crippen LogP contribution in [0.2, 0.25) is 0 Å². The van der Waals surface area contributed by atoms with Gasteiger partial charge in [-0.2, -0.15) is 5.26 Å². The summed E-state index contributed by atoms with van der Waals surface area (Å²) in [5.41, 5.74) is 0.650. The van der Waals surface area contributed by atoms with Gasteiger partial charge in [0.25, 0.3) is 5.91 Å². The number of nitriles is 1. The first kappa shape index (κ1) is 14.7. The lowest BCUT2D eigenvalue weighted by atomic mass is 10.0. The molecule has 1 aromatic carbocycles. The Hall–Kier alpha value is -2.35. The number of amides is 1. The number of carbonyl (C=O) groups excluding carboxylic acids is 1. The van der Waals surface area contributed by atoms with Crippen molar-refractivity contribution >= 4 is 11.9 Å². The summed E-state index contributed by atoms with van der Waals surface area (Å²) in [5.74, 6) is -1.38. The monoisotopic (exact) mass is 260 g/mol. The number of carbonyl (C=O) groups is 2. The van der Waals surface area contributed by atoms with E-state index in [9.17, 15) is 9.59 Å². The van der Waals surface area contributed by atoms with Crippen LogP contribution in [0.25, 0.3) is 0 Å². The van der Waals surface area contributed by atoms with Gasteiger partial charge in [-0.3, -0.25) is 4.79 Å². The van der Waals surface area contributed by atoms with E-state index in [1.807, 2.05) is 19.9 Å². The lowest BCUT2D eigenvalue weighted by Crippen LogP contribution is -2.41. The maximum atomic E-state index is 11.9. The molecule has 0 saturated carbocycles. The molecule has 0 aliphatic rings. The van der Waals surface area contributed by atoms with E-state index in [0.29, 0.717) is 12.0 Å². The zero-order valence-corrected chi connectivity index (χ0v) is 10.9. The molecule has 19 heavy (non-hydrogen) atoms. The normalized spacial score (nSPS) is 11.7. The molecule has 0 spiro atoms. The van der Waals surface area contributed by atoms with Crippen LogP contribution < -0.4 is 5.32 Å². The van der Waals surface area contributed by atoms with Gasteiger partial charge in [0, 0.05) is 5.56 Å². The van der Waals surface area contributed by atoms with Crippen LogP contribution in [-0.4, -0.2) is 23.0 Å². The molecule has 1 rings (SSSR count). The van der Waals surface area contributed by atoms with Crippen LogP contribution >= 0.6 is 0 Å². The largest absolute Gasteiger partial charge is 0.480 e. The van der Waals surface area contributed by atoms with E-state index in [1.54, 1.807) is 18.2 Å². The third kappa shape index (κ3) is 4.43. The van der Waals surface area contributed by atoms with Gasteiger partial charge in [0.1, 0.15) is 6.04 Å². The zero-order valence-electron chi connectivity index (χ0n) is 10.9. The quantitative estimate of drug-likeness (QED) is 0.844. The first-order chi connectivity index (χ1) is 8.93. The van der Waals surface area contributed by atoms with Gasteiger partial charge in [0.2, 0.25) is 0 Å². The molecule has 1 aromatic rings. The fourth-order valence-corrected chi connectivity index (χ4v) is 1.66. The minimum absolute atomic E-state index is 0.159. The second-order valence-corrected chi connectivity index (χ2v) is 4.69. The van der Waals surface area contributed by atoms with E-state index in [2.05, 4.69) is 5.32 Å². The molecule has 100 valence electrons. The third-order valence-electron chi connectivity index (χ3n) is 2.56. The number of aliphatic carboxylic acids is 1. The molecular weight excluding hydrogens is 244 g/mol. The molecule has 1 atom stereocenters. The van der Waals surface area contributed by atoms with Crippen LogP contribution in [0, 0.1) is 17.2 Å². The Kier molecular flexibility index (Phi) is 5.07. The molecule has 0 aliphatic heterocycles. The van der Waals surface area contributed by atoms with Crippen molar-refractivity contribution in [3.63, 3.8) is 0 Å². The van der Waals surface area contributed by atoms with Crippen LogP contribution in [0.15, 0.2) is 24.3 Å². The van der Waals surface area contributed by atoms with E-state index in [-0.39, 0.29) is 11.5 Å². The first-order valence-corrected chi connectivity index (χ1v) is 5.98. The maximum Gasteiger partial charge on any atom is 0.326 e. The topological polar surface area (TPSA) is 90.2 Å². The molecule has 0 fully saturated rings. The van der Waals surface area contributed by atoms with Crippen molar-refractivity contribution in [1.29, 1.82) is 5.26 Å². The minimum Gasteiger partial charge on any atom is -0.480 e. The Labute approximate surface area is 111 Å². The highest BCUT2D eigenvalue weighted by molar-refractivity contribution is 5.96. The number of carboxylic acid groups (broad SMARTS) is 1. The number of nitrogens with zero attached hydrogens (tertiary/aromatic N) is 1. The van der Waals surface area contributed by atoms with Crippen LogP contribution in [0.3, 0.4) is 0 Å². The highest BCUT2D eigenvalue weighted by Crippen LogP contribution is 2.08. The summed E-state index contributed by atoms with van der Waals surface area (Å²) in [4.78, 5) is 23.0. The lowest BCUT2D eigenvalue weighted by molar-refractivity contribution is -0.139. The summed E-state index contributed by atoms with van der Waals surface area (Å²) in [5, 5.41) is 20.3. The molecule has 0 radical (unpaired) electrons. The van der Waals surface area contributed by atoms with Crippen molar-refractivity contribution in [3.05, 3.63) is 35.4 Å². The van der Waals surface area contributed by atoms with E-state index in [1.165, 1.54) is 6.07 Å². The van der Waals surface area contributed by atoms with Gasteiger partial charge in [-0.25, -0.2) is 4.79 Å². The van der Waals surface area contributed by atoms with Crippen molar-refractivity contribution in [1.82, 2.24) is 5.32 Å². The van der Waals surface area contributed by atoms with Gasteiger partial charge in [-0.05, 0) is 30.5 Å². The van der Waals surface area contributed by atoms with E-state index in [0.717, 1.165) is 0 Å². The number of nitrogens with one attached hydrogen (secondary N) is 1. The Morgan fingerprint density at radius 1 is 1.42 bits per heavy atom. The van der Waals surface area contributed by atoms with Gasteiger partial charge in [0.05, 0.1) is 11.6 Å². The van der Waals surface area contributed by atoms with E-state index in [4.69, 9.17) is 10.4 Å². The summed E-state index contributed by atoms with van der Waals surface area (Å²) in [7, 11) is 0. The Balaban J connectivity index is 2.82. The second-order valence-electron chi connectivity index (χ2n) is 4.69. The molecule has 5 heteroatoms. The average molecular weight is 260 g/mol. The maximum absolute atomic E-state index is 11.9. The molecule has 2 N–H and O–H groups in total. The fraction of sp³-hybridized carbons (Fsp3) is 0.357. The Morgan fingerprint density at radius 3 is 2.63 bits per heavy atom. The summed E-state index contributed by atoms with van der Waals surface area (Å²) in [6.45, 7) is 3.77. The Bertz CT molecular complexity index is 518. The van der Waals surface area contributed by atoms with Crippen LogP contribution in [0.1, 0.15) is 36.2 Å². The van der Waals surface area contributed by atoms with Crippen LogP contribution in [0.5, 0.6) is 0 Å². The average Bonchev–Trinajstić information content (AvgIpc) is 2.37. The summed E-state index contributed by atoms with van der Waals surface area (Å²) in [6, 6.07) is 7.17. The molecule has 0 unspecified atom stereocenters. The predicted molar refractivity (Wildman–Crippen MR) is 69.5 cm³/mol. The number of hydrogen-bond acceptors (Lipinski definition) is 3. The molecule has 0 aromatic heterocycles. The molecule has 1 amide bonds. The van der Waals surface area contributed by atoms with Gasteiger partial charge >= 0.3 is 5.97 Å². The summed E-state index contributed by atoms with van der Waals surface area (Å²) >= 11 is 0. The van der Waals surface area contributed by atoms with Crippen molar-refractivity contribution in [3.8, 4) is 6.07 Å². The third-order valence-corrected chi connectivity index (χ3v) is 2.56. The van der Waals surface area contributed by atoms with E-state index < -0.39 is 17.9 Å². The lowest BCUT2D eigenvalue weighted by Gasteiger charge is -2.16. The first-order valence-electron chi connectivity index (χ1n) is 5.98. The van der Waals surface area contributed by atoms with Gasteiger partial charge in [-0.1, -0.05) is 19.9 Å². The number of rotatable bonds is 5. The summed E-state index contributed by atoms with van der Waals surface area (Å²) in [6.07, 6.45) is 0.360. The zero-order chi connectivity index (χ0) is 14.4. The minimum atomic E-state index is -1.06. The van der Waals surface area contributed by atoms with Gasteiger partial charge in [-0.15, -0.1) is 0 Å². The van der Waals surface area contributed by atoms with Crippen molar-refractivity contribution in [2.75, 3.05) is 0 Å². The van der Waals surface area contributed by atoms with Crippen LogP contribution in [-0.2, 0) is 4.79 Å². The van der Waals surface area contributed by atoms with Gasteiger partial charge < -0.3 is 10.4 Å². The van der Waals surface area contributed by atoms with Crippen molar-refractivity contribution in [2.24, 2.45) is 5.92 Å². The smallest absolute Gasteiger partial charge is 0.326 e. The number of carboxylic acids is 1.